The number of esters is 1. The quantitative estimate of drug-likeness (QED) is 0.595. The molecule has 146 valence electrons. The first-order valence-corrected chi connectivity index (χ1v) is 9.18. The largest absolute Gasteiger partial charge is 0.461 e. The summed E-state index contributed by atoms with van der Waals surface area (Å²) >= 11 is 5.31. The lowest BCUT2D eigenvalue weighted by Crippen LogP contribution is -2.61. The van der Waals surface area contributed by atoms with Gasteiger partial charge in [-0.25, -0.2) is 0 Å². The van der Waals surface area contributed by atoms with E-state index < -0.39 is 17.4 Å². The first-order valence-electron chi connectivity index (χ1n) is 8.78. The van der Waals surface area contributed by atoms with Crippen LogP contribution in [0.2, 0.25) is 0 Å². The molecule has 0 spiro atoms. The van der Waals surface area contributed by atoms with Crippen molar-refractivity contribution in [3.63, 3.8) is 0 Å². The van der Waals surface area contributed by atoms with Crippen LogP contribution in [0.5, 0.6) is 0 Å². The van der Waals surface area contributed by atoms with Crippen LogP contribution in [0, 0.1) is 5.41 Å². The maximum Gasteiger partial charge on any atom is 0.308 e. The number of carbonyl (C=O) groups is 3. The van der Waals surface area contributed by atoms with Gasteiger partial charge in [0.05, 0.1) is 6.42 Å². The fourth-order valence-corrected chi connectivity index (χ4v) is 2.78. The Balaban J connectivity index is 1.98. The summed E-state index contributed by atoms with van der Waals surface area (Å²) in [6.07, 6.45) is -0.149. The van der Waals surface area contributed by atoms with Crippen molar-refractivity contribution in [2.45, 2.75) is 39.8 Å². The molecule has 1 aliphatic heterocycles. The highest BCUT2D eigenvalue weighted by atomic mass is 32.1. The minimum atomic E-state index is -0.810. The molecule has 2 amide bonds. The second-order valence-corrected chi connectivity index (χ2v) is 7.75. The van der Waals surface area contributed by atoms with E-state index in [0.29, 0.717) is 13.1 Å². The molecule has 2 N–H and O–H groups in total. The molecule has 0 saturated carbocycles. The molecular formula is C19H25N3O4S. The van der Waals surface area contributed by atoms with Gasteiger partial charge in [-0.05, 0) is 17.8 Å². The molecule has 1 saturated heterocycles. The monoisotopic (exact) mass is 391 g/mol. The highest BCUT2D eigenvalue weighted by molar-refractivity contribution is 7.80. The average molecular weight is 391 g/mol. The number of rotatable bonds is 4. The van der Waals surface area contributed by atoms with Crippen molar-refractivity contribution in [1.82, 2.24) is 15.5 Å². The number of thiocarbonyl (C=S) groups is 1. The Morgan fingerprint density at radius 3 is 2.59 bits per heavy atom. The van der Waals surface area contributed by atoms with Crippen LogP contribution in [-0.2, 0) is 25.7 Å². The zero-order chi connectivity index (χ0) is 20.0. The predicted molar refractivity (Wildman–Crippen MR) is 105 cm³/mol. The lowest BCUT2D eigenvalue weighted by molar-refractivity contribution is -0.148. The fourth-order valence-electron chi connectivity index (χ4n) is 2.47. The summed E-state index contributed by atoms with van der Waals surface area (Å²) in [7, 11) is 0. The first kappa shape index (κ1) is 20.8. The highest BCUT2D eigenvalue weighted by Crippen LogP contribution is 2.15. The molecule has 0 aromatic heterocycles. The number of nitrogens with one attached hydrogen (secondary N) is 2. The molecule has 0 unspecified atom stereocenters. The van der Waals surface area contributed by atoms with E-state index in [1.54, 1.807) is 25.7 Å². The molecule has 1 aromatic carbocycles. The third-order valence-corrected chi connectivity index (χ3v) is 4.43. The van der Waals surface area contributed by atoms with E-state index in [4.69, 9.17) is 17.0 Å². The van der Waals surface area contributed by atoms with Gasteiger partial charge in [0, 0.05) is 18.5 Å². The standard InChI is InChI=1S/C19H25N3O4S/c1-19(2,3)17(25)21-18(27)22-10-9-20-16(24)14(22)11-15(23)26-12-13-7-5-4-6-8-13/h4-8,14H,9-12H2,1-3H3,(H,20,24)(H,21,25,27)/t14-/m1/s1. The third-order valence-electron chi connectivity index (χ3n) is 4.10. The van der Waals surface area contributed by atoms with Crippen molar-refractivity contribution < 1.29 is 19.1 Å². The van der Waals surface area contributed by atoms with Crippen LogP contribution in [0.4, 0.5) is 0 Å². The van der Waals surface area contributed by atoms with E-state index in [0.717, 1.165) is 5.56 Å². The Morgan fingerprint density at radius 1 is 1.30 bits per heavy atom. The van der Waals surface area contributed by atoms with Gasteiger partial charge in [0.15, 0.2) is 5.11 Å². The number of amides is 2. The zero-order valence-electron chi connectivity index (χ0n) is 15.8. The molecule has 1 aliphatic rings. The van der Waals surface area contributed by atoms with E-state index in [9.17, 15) is 14.4 Å². The molecule has 7 nitrogen and oxygen atoms in total. The van der Waals surface area contributed by atoms with Crippen LogP contribution in [0.25, 0.3) is 0 Å². The fraction of sp³-hybridized carbons (Fsp3) is 0.474. The van der Waals surface area contributed by atoms with E-state index in [1.807, 2.05) is 30.3 Å². The van der Waals surface area contributed by atoms with Gasteiger partial charge in [-0.2, -0.15) is 0 Å². The maximum atomic E-state index is 12.3. The summed E-state index contributed by atoms with van der Waals surface area (Å²) in [6, 6.07) is 8.48. The van der Waals surface area contributed by atoms with Gasteiger partial charge in [0.2, 0.25) is 11.8 Å². The molecule has 27 heavy (non-hydrogen) atoms. The van der Waals surface area contributed by atoms with Gasteiger partial charge in [-0.1, -0.05) is 51.1 Å². The van der Waals surface area contributed by atoms with Gasteiger partial charge in [-0.3, -0.25) is 14.4 Å². The van der Waals surface area contributed by atoms with Crippen molar-refractivity contribution in [1.29, 1.82) is 0 Å². The predicted octanol–water partition coefficient (Wildman–Crippen LogP) is 1.37. The topological polar surface area (TPSA) is 87.7 Å². The Labute approximate surface area is 164 Å². The number of hydrogen-bond acceptors (Lipinski definition) is 5. The summed E-state index contributed by atoms with van der Waals surface area (Å²) in [5.74, 6) is -1.06. The van der Waals surface area contributed by atoms with Crippen molar-refractivity contribution in [3.05, 3.63) is 35.9 Å². The van der Waals surface area contributed by atoms with Crippen LogP contribution >= 0.6 is 12.2 Å². The molecular weight excluding hydrogens is 366 g/mol. The maximum absolute atomic E-state index is 12.3. The van der Waals surface area contributed by atoms with Crippen LogP contribution in [0.3, 0.4) is 0 Å². The van der Waals surface area contributed by atoms with Crippen molar-refractivity contribution in [2.24, 2.45) is 5.41 Å². The van der Waals surface area contributed by atoms with E-state index in [-0.39, 0.29) is 30.0 Å². The van der Waals surface area contributed by atoms with Crippen molar-refractivity contribution >= 4 is 35.1 Å². The van der Waals surface area contributed by atoms with Gasteiger partial charge in [0.25, 0.3) is 0 Å². The second kappa shape index (κ2) is 8.94. The lowest BCUT2D eigenvalue weighted by atomic mass is 9.96. The summed E-state index contributed by atoms with van der Waals surface area (Å²) in [4.78, 5) is 38.2. The molecule has 2 rings (SSSR count). The highest BCUT2D eigenvalue weighted by Gasteiger charge is 2.35. The molecule has 0 radical (unpaired) electrons. The Morgan fingerprint density at radius 2 is 1.96 bits per heavy atom. The van der Waals surface area contributed by atoms with Crippen LogP contribution in [0.1, 0.15) is 32.8 Å². The number of nitrogens with zero attached hydrogens (tertiary/aromatic N) is 1. The molecule has 1 fully saturated rings. The Kier molecular flexibility index (Phi) is 6.90. The summed E-state index contributed by atoms with van der Waals surface area (Å²) < 4.78 is 5.27. The smallest absolute Gasteiger partial charge is 0.308 e. The minimum absolute atomic E-state index is 0.138. The molecule has 1 aromatic rings. The summed E-state index contributed by atoms with van der Waals surface area (Å²) in [6.45, 7) is 6.25. The SMILES string of the molecule is CC(C)(C)C(=O)NC(=S)N1CCNC(=O)[C@H]1CC(=O)OCc1ccccc1. The number of carbonyl (C=O) groups excluding carboxylic acids is 3. The normalized spacial score (nSPS) is 17.1. The van der Waals surface area contributed by atoms with Gasteiger partial charge >= 0.3 is 5.97 Å². The lowest BCUT2D eigenvalue weighted by Gasteiger charge is -2.36. The van der Waals surface area contributed by atoms with Crippen molar-refractivity contribution in [3.8, 4) is 0 Å². The summed E-state index contributed by atoms with van der Waals surface area (Å²) in [5, 5.41) is 5.52. The molecule has 0 aliphatic carbocycles. The molecule has 1 heterocycles. The van der Waals surface area contributed by atoms with E-state index in [1.165, 1.54) is 0 Å². The Bertz CT molecular complexity index is 715. The number of hydrogen-bond donors (Lipinski definition) is 2. The van der Waals surface area contributed by atoms with Gasteiger partial charge in [-0.15, -0.1) is 0 Å². The molecule has 8 heteroatoms. The number of piperazine rings is 1. The van der Waals surface area contributed by atoms with Crippen LogP contribution in [0.15, 0.2) is 30.3 Å². The average Bonchev–Trinajstić information content (AvgIpc) is 2.61. The van der Waals surface area contributed by atoms with Crippen molar-refractivity contribution in [2.75, 3.05) is 13.1 Å². The van der Waals surface area contributed by atoms with Gasteiger partial charge in [0.1, 0.15) is 12.6 Å². The molecule has 0 bridgehead atoms. The van der Waals surface area contributed by atoms with Crippen LogP contribution < -0.4 is 10.6 Å². The van der Waals surface area contributed by atoms with Crippen LogP contribution in [-0.4, -0.2) is 46.9 Å². The second-order valence-electron chi connectivity index (χ2n) is 7.36. The first-order chi connectivity index (χ1) is 12.7. The van der Waals surface area contributed by atoms with Gasteiger partial charge < -0.3 is 20.3 Å². The van der Waals surface area contributed by atoms with E-state index in [2.05, 4.69) is 10.6 Å². The number of ether oxygens (including phenoxy) is 1. The number of benzene rings is 1. The zero-order valence-corrected chi connectivity index (χ0v) is 16.6. The minimum Gasteiger partial charge on any atom is -0.461 e. The Hall–Kier alpha value is -2.48. The third kappa shape index (κ3) is 6.02. The summed E-state index contributed by atoms with van der Waals surface area (Å²) in [5.41, 5.74) is 0.246. The van der Waals surface area contributed by atoms with E-state index >= 15 is 0 Å². The molecule has 1 atom stereocenters.